The van der Waals surface area contributed by atoms with Gasteiger partial charge in [0.15, 0.2) is 0 Å². The van der Waals surface area contributed by atoms with Crippen LogP contribution in [0.25, 0.3) is 22.3 Å². The normalized spacial score (nSPS) is 9.31. The summed E-state index contributed by atoms with van der Waals surface area (Å²) in [6, 6.07) is 11.6. The number of carbonyl (C=O) groups excluding carboxylic acids is 1. The van der Waals surface area contributed by atoms with E-state index in [0.29, 0.717) is 22.5 Å². The number of carbonyl (C=O) groups is 1. The number of hydrogen-bond acceptors (Lipinski definition) is 4. The van der Waals surface area contributed by atoms with E-state index in [0.717, 1.165) is 11.1 Å². The number of benzene rings is 2. The number of anilines is 1. The van der Waals surface area contributed by atoms with Gasteiger partial charge in [0, 0.05) is 37.4 Å². The maximum Gasteiger partial charge on any atom is 0.255 e. The third-order valence-corrected chi connectivity index (χ3v) is 5.13. The number of nitrogens with one attached hydrogen (secondary N) is 1. The zero-order chi connectivity index (χ0) is 24.7. The smallest absolute Gasteiger partial charge is 0.255 e. The first-order chi connectivity index (χ1) is 15.5. The van der Waals surface area contributed by atoms with E-state index in [-0.39, 0.29) is 11.7 Å². The SMILES string of the molecule is C#C.CC.CCCC.CNC(=O)c1c(-c2ccc(F)cc2)oc2cc(N(C)SC)ccc12. The van der Waals surface area contributed by atoms with Gasteiger partial charge < -0.3 is 14.0 Å². The molecule has 0 aliphatic rings. The fourth-order valence-electron chi connectivity index (χ4n) is 2.54. The van der Waals surface area contributed by atoms with Crippen molar-refractivity contribution in [3.05, 3.63) is 53.8 Å². The van der Waals surface area contributed by atoms with Gasteiger partial charge in [0.2, 0.25) is 0 Å². The molecule has 174 valence electrons. The molecule has 1 amide bonds. The second-order valence-electron chi connectivity index (χ2n) is 6.25. The molecule has 0 spiro atoms. The van der Waals surface area contributed by atoms with Crippen LogP contribution in [0, 0.1) is 18.7 Å². The molecule has 0 bridgehead atoms. The maximum absolute atomic E-state index is 13.2. The molecule has 32 heavy (non-hydrogen) atoms. The van der Waals surface area contributed by atoms with Gasteiger partial charge in [-0.3, -0.25) is 4.79 Å². The number of hydrogen-bond donors (Lipinski definition) is 1. The van der Waals surface area contributed by atoms with Crippen LogP contribution in [0.2, 0.25) is 0 Å². The largest absolute Gasteiger partial charge is 0.455 e. The molecule has 0 saturated carbocycles. The van der Waals surface area contributed by atoms with Crippen LogP contribution >= 0.6 is 11.9 Å². The van der Waals surface area contributed by atoms with Gasteiger partial charge in [-0.25, -0.2) is 4.39 Å². The van der Waals surface area contributed by atoms with Crippen molar-refractivity contribution in [2.75, 3.05) is 24.7 Å². The van der Waals surface area contributed by atoms with Gasteiger partial charge in [-0.1, -0.05) is 52.5 Å². The lowest BCUT2D eigenvalue weighted by atomic mass is 10.0. The third kappa shape index (κ3) is 7.65. The van der Waals surface area contributed by atoms with Crippen LogP contribution in [0.1, 0.15) is 50.9 Å². The lowest BCUT2D eigenvalue weighted by molar-refractivity contribution is 0.0964. The van der Waals surface area contributed by atoms with E-state index >= 15 is 0 Å². The van der Waals surface area contributed by atoms with Crippen molar-refractivity contribution in [1.29, 1.82) is 0 Å². The molecule has 3 aromatic rings. The summed E-state index contributed by atoms with van der Waals surface area (Å²) < 4.78 is 21.2. The molecule has 0 radical (unpaired) electrons. The Kier molecular flexibility index (Phi) is 14.4. The number of furan rings is 1. The summed E-state index contributed by atoms with van der Waals surface area (Å²) in [5, 5.41) is 3.37. The van der Waals surface area contributed by atoms with E-state index in [9.17, 15) is 9.18 Å². The average Bonchev–Trinajstić information content (AvgIpc) is 3.24. The standard InChI is InChI=1S/C18H17FN2O2S.C4H10.C2H6.C2H2/c1-20-18(22)16-14-9-8-13(21(2)24-3)10-15(14)23-17(16)11-4-6-12(19)7-5-11;1-3-4-2;2*1-2/h4-10H,1-3H3,(H,20,22);3-4H2,1-2H3;1-2H3;1-2H. The van der Waals surface area contributed by atoms with Crippen molar-refractivity contribution in [2.24, 2.45) is 0 Å². The average molecular weight is 459 g/mol. The van der Waals surface area contributed by atoms with E-state index in [1.165, 1.54) is 25.0 Å². The number of unbranched alkanes of at least 4 members (excludes halogenated alkanes) is 1. The van der Waals surface area contributed by atoms with E-state index in [4.69, 9.17) is 4.42 Å². The predicted molar refractivity (Wildman–Crippen MR) is 139 cm³/mol. The molecule has 2 aromatic carbocycles. The Morgan fingerprint density at radius 3 is 2.12 bits per heavy atom. The molecule has 0 atom stereocenters. The molecule has 6 heteroatoms. The van der Waals surface area contributed by atoms with E-state index in [1.54, 1.807) is 31.1 Å². The van der Waals surface area contributed by atoms with Crippen molar-refractivity contribution < 1.29 is 13.6 Å². The zero-order valence-corrected chi connectivity index (χ0v) is 21.0. The van der Waals surface area contributed by atoms with Gasteiger partial charge in [0.1, 0.15) is 17.2 Å². The first-order valence-electron chi connectivity index (χ1n) is 10.6. The lowest BCUT2D eigenvalue weighted by Gasteiger charge is -2.14. The van der Waals surface area contributed by atoms with Crippen LogP contribution in [0.4, 0.5) is 10.1 Å². The summed E-state index contributed by atoms with van der Waals surface area (Å²) in [5.74, 6) is -0.132. The highest BCUT2D eigenvalue weighted by molar-refractivity contribution is 7.99. The highest BCUT2D eigenvalue weighted by Gasteiger charge is 2.22. The summed E-state index contributed by atoms with van der Waals surface area (Å²) in [4.78, 5) is 12.4. The maximum atomic E-state index is 13.2. The van der Waals surface area contributed by atoms with Crippen molar-refractivity contribution in [3.8, 4) is 24.2 Å². The summed E-state index contributed by atoms with van der Waals surface area (Å²) in [6.45, 7) is 8.36. The quantitative estimate of drug-likeness (QED) is 0.320. The third-order valence-electron chi connectivity index (χ3n) is 4.37. The van der Waals surface area contributed by atoms with Crippen molar-refractivity contribution >= 4 is 34.5 Å². The Morgan fingerprint density at radius 2 is 1.66 bits per heavy atom. The molecule has 1 aromatic heterocycles. The summed E-state index contributed by atoms with van der Waals surface area (Å²) in [6.07, 6.45) is 12.6. The number of rotatable bonds is 5. The Hall–Kier alpha value is -2.91. The number of terminal acetylenes is 1. The van der Waals surface area contributed by atoms with Crippen LogP contribution < -0.4 is 9.62 Å². The van der Waals surface area contributed by atoms with Crippen LogP contribution in [-0.4, -0.2) is 26.3 Å². The summed E-state index contributed by atoms with van der Waals surface area (Å²) in [7, 11) is 3.53. The molecule has 0 saturated heterocycles. The predicted octanol–water partition coefficient (Wildman–Crippen LogP) is 7.39. The minimum Gasteiger partial charge on any atom is -0.455 e. The van der Waals surface area contributed by atoms with Crippen LogP contribution in [0.15, 0.2) is 46.9 Å². The first kappa shape index (κ1) is 29.1. The van der Waals surface area contributed by atoms with Gasteiger partial charge in [0.25, 0.3) is 5.91 Å². The molecule has 1 heterocycles. The van der Waals surface area contributed by atoms with Gasteiger partial charge in [0.05, 0.1) is 11.3 Å². The molecule has 1 N–H and O–H groups in total. The second-order valence-corrected chi connectivity index (χ2v) is 7.17. The molecular weight excluding hydrogens is 423 g/mol. The second kappa shape index (κ2) is 15.8. The van der Waals surface area contributed by atoms with E-state index in [1.807, 2.05) is 49.7 Å². The van der Waals surface area contributed by atoms with Crippen LogP contribution in [0.3, 0.4) is 0 Å². The minimum atomic E-state index is -0.333. The van der Waals surface area contributed by atoms with E-state index in [2.05, 4.69) is 32.0 Å². The molecule has 3 rings (SSSR count). The van der Waals surface area contributed by atoms with Crippen molar-refractivity contribution in [2.45, 2.75) is 40.5 Å². The highest BCUT2D eigenvalue weighted by Crippen LogP contribution is 2.36. The Labute approximate surface area is 196 Å². The Bertz CT molecular complexity index is 963. The van der Waals surface area contributed by atoms with Crippen molar-refractivity contribution in [1.82, 2.24) is 5.32 Å². The van der Waals surface area contributed by atoms with Gasteiger partial charge in [-0.15, -0.1) is 12.8 Å². The van der Waals surface area contributed by atoms with Crippen LogP contribution in [-0.2, 0) is 0 Å². The molecule has 0 fully saturated rings. The highest BCUT2D eigenvalue weighted by atomic mass is 32.2. The zero-order valence-electron chi connectivity index (χ0n) is 20.2. The number of halogens is 1. The van der Waals surface area contributed by atoms with E-state index < -0.39 is 0 Å². The topological polar surface area (TPSA) is 45.5 Å². The molecule has 0 aliphatic heterocycles. The molecule has 0 unspecified atom stereocenters. The Balaban J connectivity index is 0.00000106. The number of amides is 1. The fourth-order valence-corrected chi connectivity index (χ4v) is 2.87. The monoisotopic (exact) mass is 458 g/mol. The number of fused-ring (bicyclic) bond motifs is 1. The molecule has 0 aliphatic carbocycles. The van der Waals surface area contributed by atoms with Gasteiger partial charge in [-0.05, 0) is 36.4 Å². The Morgan fingerprint density at radius 1 is 1.09 bits per heavy atom. The van der Waals surface area contributed by atoms with Crippen molar-refractivity contribution in [3.63, 3.8) is 0 Å². The first-order valence-corrected chi connectivity index (χ1v) is 11.8. The summed E-state index contributed by atoms with van der Waals surface area (Å²) in [5.41, 5.74) is 2.70. The summed E-state index contributed by atoms with van der Waals surface area (Å²) >= 11 is 1.58. The number of nitrogens with zero attached hydrogens (tertiary/aromatic N) is 1. The molecule has 4 nitrogen and oxygen atoms in total. The lowest BCUT2D eigenvalue weighted by Crippen LogP contribution is -2.18. The minimum absolute atomic E-state index is 0.237. The van der Waals surface area contributed by atoms with Gasteiger partial charge >= 0.3 is 0 Å². The molecular formula is C26H35FN2O2S. The van der Waals surface area contributed by atoms with Crippen LogP contribution in [0.5, 0.6) is 0 Å². The fraction of sp³-hybridized carbons (Fsp3) is 0.346. The van der Waals surface area contributed by atoms with Gasteiger partial charge in [-0.2, -0.15) is 0 Å².